The zero-order chi connectivity index (χ0) is 18.8. The molecule has 2 aliphatic rings. The van der Waals surface area contributed by atoms with Gasteiger partial charge in [0.2, 0.25) is 0 Å². The number of allylic oxidation sites excluding steroid dienone is 2. The van der Waals surface area contributed by atoms with Crippen LogP contribution in [0.25, 0.3) is 10.9 Å². The Bertz CT molecular complexity index is 1120. The molecular weight excluding hydrogens is 352 g/mol. The first-order valence-corrected chi connectivity index (χ1v) is 10.3. The molecule has 0 fully saturated rings. The van der Waals surface area contributed by atoms with E-state index in [0.29, 0.717) is 6.42 Å². The molecule has 3 nitrogen and oxygen atoms in total. The number of hydrogen-bond acceptors (Lipinski definition) is 4. The van der Waals surface area contributed by atoms with Gasteiger partial charge in [0.05, 0.1) is 11.4 Å². The Labute approximate surface area is 163 Å². The van der Waals surface area contributed by atoms with E-state index in [9.17, 15) is 4.79 Å². The summed E-state index contributed by atoms with van der Waals surface area (Å²) in [5.41, 5.74) is 6.59. The van der Waals surface area contributed by atoms with Crippen LogP contribution in [0.1, 0.15) is 48.6 Å². The van der Waals surface area contributed by atoms with E-state index in [4.69, 9.17) is 0 Å². The molecule has 136 valence electrons. The van der Waals surface area contributed by atoms with Crippen molar-refractivity contribution in [2.45, 2.75) is 39.5 Å². The summed E-state index contributed by atoms with van der Waals surface area (Å²) in [4.78, 5) is 19.1. The first-order valence-electron chi connectivity index (χ1n) is 9.39. The van der Waals surface area contributed by atoms with Gasteiger partial charge in [-0.15, -0.1) is 11.3 Å². The van der Waals surface area contributed by atoms with Gasteiger partial charge in [-0.3, -0.25) is 9.78 Å². The number of hydrogen-bond donors (Lipinski definition) is 1. The summed E-state index contributed by atoms with van der Waals surface area (Å²) < 4.78 is 0. The topological polar surface area (TPSA) is 42.0 Å². The number of pyridine rings is 1. The predicted molar refractivity (Wildman–Crippen MR) is 111 cm³/mol. The van der Waals surface area contributed by atoms with Crippen molar-refractivity contribution in [2.24, 2.45) is 5.41 Å². The average molecular weight is 375 g/mol. The Kier molecular flexibility index (Phi) is 3.57. The number of aryl methyl sites for hydroxylation is 1. The molecule has 0 bridgehead atoms. The molecule has 3 aromatic rings. The van der Waals surface area contributed by atoms with Crippen LogP contribution >= 0.6 is 11.3 Å². The molecule has 3 heterocycles. The van der Waals surface area contributed by atoms with Gasteiger partial charge in [-0.25, -0.2) is 0 Å². The van der Waals surface area contributed by atoms with Crippen molar-refractivity contribution in [3.05, 3.63) is 69.2 Å². The van der Waals surface area contributed by atoms with E-state index in [1.54, 1.807) is 11.3 Å². The van der Waals surface area contributed by atoms with Crippen LogP contribution in [0.15, 0.2) is 53.2 Å². The van der Waals surface area contributed by atoms with E-state index in [1.807, 2.05) is 12.3 Å². The molecule has 2 aromatic heterocycles. The molecular formula is C23H22N2OS. The minimum Gasteiger partial charge on any atom is -0.358 e. The summed E-state index contributed by atoms with van der Waals surface area (Å²) in [7, 11) is 0. The predicted octanol–water partition coefficient (Wildman–Crippen LogP) is 5.81. The highest BCUT2D eigenvalue weighted by atomic mass is 32.1. The molecule has 4 heteroatoms. The summed E-state index contributed by atoms with van der Waals surface area (Å²) in [6, 6.07) is 10.5. The van der Waals surface area contributed by atoms with Crippen molar-refractivity contribution in [2.75, 3.05) is 5.32 Å². The van der Waals surface area contributed by atoms with Crippen LogP contribution in [0.3, 0.4) is 0 Å². The number of fused-ring (bicyclic) bond motifs is 3. The number of ketones is 1. The van der Waals surface area contributed by atoms with Gasteiger partial charge in [-0.1, -0.05) is 19.9 Å². The third-order valence-corrected chi connectivity index (χ3v) is 6.86. The van der Waals surface area contributed by atoms with Crippen LogP contribution in [0.4, 0.5) is 5.69 Å². The number of nitrogens with one attached hydrogen (secondary N) is 1. The molecule has 0 spiro atoms. The fourth-order valence-corrected chi connectivity index (χ4v) is 5.67. The van der Waals surface area contributed by atoms with Crippen LogP contribution in [0.5, 0.6) is 0 Å². The quantitative estimate of drug-likeness (QED) is 0.585. The van der Waals surface area contributed by atoms with E-state index in [-0.39, 0.29) is 17.1 Å². The van der Waals surface area contributed by atoms with Crippen LogP contribution in [-0.2, 0) is 4.79 Å². The van der Waals surface area contributed by atoms with Crippen molar-refractivity contribution >= 4 is 33.7 Å². The smallest absolute Gasteiger partial charge is 0.162 e. The molecule has 0 amide bonds. The van der Waals surface area contributed by atoms with Crippen molar-refractivity contribution in [3.8, 4) is 0 Å². The number of nitrogens with zero attached hydrogens (tertiary/aromatic N) is 1. The first kappa shape index (κ1) is 16.7. The number of carbonyl (C=O) groups excluding carboxylic acids is 1. The number of thiophene rings is 1. The second-order valence-electron chi connectivity index (χ2n) is 8.46. The van der Waals surface area contributed by atoms with Crippen LogP contribution in [-0.4, -0.2) is 10.8 Å². The van der Waals surface area contributed by atoms with Gasteiger partial charge < -0.3 is 5.32 Å². The van der Waals surface area contributed by atoms with Crippen molar-refractivity contribution < 1.29 is 4.79 Å². The fraction of sp³-hybridized carbons (Fsp3) is 0.304. The van der Waals surface area contributed by atoms with E-state index in [2.05, 4.69) is 60.7 Å². The standard InChI is InChI=1S/C23H22N2OS/c1-13-8-10-27-22(13)21-19-14-5-4-9-24-15(14)6-7-16(19)25-17-11-23(2,3)12-18(26)20(17)21/h4-10,21,25H,11-12H2,1-3H3. The maximum Gasteiger partial charge on any atom is 0.162 e. The Morgan fingerprint density at radius 3 is 2.81 bits per heavy atom. The fourth-order valence-electron chi connectivity index (χ4n) is 4.63. The lowest BCUT2D eigenvalue weighted by Gasteiger charge is -2.39. The first-order chi connectivity index (χ1) is 12.9. The highest BCUT2D eigenvalue weighted by molar-refractivity contribution is 7.10. The molecule has 0 saturated carbocycles. The maximum atomic E-state index is 13.3. The minimum absolute atomic E-state index is 0.00608. The number of benzene rings is 1. The monoisotopic (exact) mass is 374 g/mol. The summed E-state index contributed by atoms with van der Waals surface area (Å²) in [5.74, 6) is 0.269. The molecule has 1 aliphatic carbocycles. The second-order valence-corrected chi connectivity index (χ2v) is 9.40. The van der Waals surface area contributed by atoms with Gasteiger partial charge >= 0.3 is 0 Å². The van der Waals surface area contributed by atoms with Gasteiger partial charge in [0, 0.05) is 39.8 Å². The summed E-state index contributed by atoms with van der Waals surface area (Å²) in [6.07, 6.45) is 3.33. The van der Waals surface area contributed by atoms with E-state index < -0.39 is 0 Å². The lowest BCUT2D eigenvalue weighted by molar-refractivity contribution is -0.118. The normalized spacial score (nSPS) is 21.0. The minimum atomic E-state index is -0.00671. The summed E-state index contributed by atoms with van der Waals surface area (Å²) in [6.45, 7) is 6.51. The van der Waals surface area contributed by atoms with Gasteiger partial charge in [0.25, 0.3) is 0 Å². The zero-order valence-corrected chi connectivity index (χ0v) is 16.6. The van der Waals surface area contributed by atoms with Crippen LogP contribution in [0.2, 0.25) is 0 Å². The lowest BCUT2D eigenvalue weighted by atomic mass is 9.69. The summed E-state index contributed by atoms with van der Waals surface area (Å²) in [5, 5.41) is 6.89. The molecule has 0 saturated heterocycles. The molecule has 27 heavy (non-hydrogen) atoms. The number of carbonyl (C=O) groups is 1. The van der Waals surface area contributed by atoms with Crippen molar-refractivity contribution in [3.63, 3.8) is 0 Å². The molecule has 1 N–H and O–H groups in total. The number of Topliss-reactive ketones (excluding diaryl/α,β-unsaturated/α-hetero) is 1. The van der Waals surface area contributed by atoms with Gasteiger partial charge in [-0.2, -0.15) is 0 Å². The van der Waals surface area contributed by atoms with Gasteiger partial charge in [0.1, 0.15) is 0 Å². The Morgan fingerprint density at radius 2 is 2.04 bits per heavy atom. The van der Waals surface area contributed by atoms with Gasteiger partial charge in [0.15, 0.2) is 5.78 Å². The van der Waals surface area contributed by atoms with E-state index in [0.717, 1.165) is 34.3 Å². The van der Waals surface area contributed by atoms with Crippen molar-refractivity contribution in [1.29, 1.82) is 0 Å². The third kappa shape index (κ3) is 2.54. The van der Waals surface area contributed by atoms with E-state index in [1.165, 1.54) is 16.0 Å². The summed E-state index contributed by atoms with van der Waals surface area (Å²) >= 11 is 1.75. The highest BCUT2D eigenvalue weighted by Crippen LogP contribution is 2.52. The Hall–Kier alpha value is -2.46. The molecule has 1 aromatic carbocycles. The second kappa shape index (κ2) is 5.77. The SMILES string of the molecule is Cc1ccsc1C1C2=C(CC(C)(C)CC2=O)Nc2ccc3ncccc3c21. The highest BCUT2D eigenvalue weighted by Gasteiger charge is 2.41. The number of anilines is 1. The Morgan fingerprint density at radius 1 is 1.19 bits per heavy atom. The number of rotatable bonds is 1. The third-order valence-electron chi connectivity index (χ3n) is 5.77. The van der Waals surface area contributed by atoms with Crippen LogP contribution in [0, 0.1) is 12.3 Å². The number of aromatic nitrogens is 1. The lowest BCUT2D eigenvalue weighted by Crippen LogP contribution is -2.33. The molecule has 1 atom stereocenters. The van der Waals surface area contributed by atoms with Crippen molar-refractivity contribution in [1.82, 2.24) is 4.98 Å². The molecule has 5 rings (SSSR count). The molecule has 1 aliphatic heterocycles. The van der Waals surface area contributed by atoms with Gasteiger partial charge in [-0.05, 0) is 59.5 Å². The zero-order valence-electron chi connectivity index (χ0n) is 15.8. The Balaban J connectivity index is 1.84. The van der Waals surface area contributed by atoms with Crippen LogP contribution < -0.4 is 5.32 Å². The maximum absolute atomic E-state index is 13.3. The molecule has 1 unspecified atom stereocenters. The van der Waals surface area contributed by atoms with E-state index >= 15 is 0 Å². The molecule has 0 radical (unpaired) electrons. The largest absolute Gasteiger partial charge is 0.358 e. The average Bonchev–Trinajstić information content (AvgIpc) is 3.04.